The minimum atomic E-state index is -0.306. The lowest BCUT2D eigenvalue weighted by atomic mass is 10.5. The van der Waals surface area contributed by atoms with E-state index in [1.54, 1.807) is 22.3 Å². The molecular weight excluding hydrogens is 176 g/mol. The Morgan fingerprint density at radius 1 is 1.75 bits per heavy atom. The molecule has 0 saturated carbocycles. The highest BCUT2D eigenvalue weighted by molar-refractivity contribution is 7.15. The van der Waals surface area contributed by atoms with Crippen molar-refractivity contribution < 1.29 is 4.79 Å². The SMILES string of the molecule is NNC(=O)c1csc2cncn12. The van der Waals surface area contributed by atoms with Crippen molar-refractivity contribution in [2.45, 2.75) is 0 Å². The van der Waals surface area contributed by atoms with Crippen molar-refractivity contribution in [1.82, 2.24) is 14.8 Å². The summed E-state index contributed by atoms with van der Waals surface area (Å²) in [7, 11) is 0. The fraction of sp³-hybridized carbons (Fsp3) is 0. The molecule has 0 bridgehead atoms. The molecule has 0 aliphatic heterocycles. The van der Waals surface area contributed by atoms with Crippen LogP contribution >= 0.6 is 11.3 Å². The first-order valence-electron chi connectivity index (χ1n) is 3.23. The Bertz CT molecular complexity index is 418. The van der Waals surface area contributed by atoms with Gasteiger partial charge in [0, 0.05) is 5.38 Å². The molecule has 6 heteroatoms. The first-order chi connectivity index (χ1) is 5.83. The van der Waals surface area contributed by atoms with E-state index in [1.165, 1.54) is 11.3 Å². The van der Waals surface area contributed by atoms with Crippen LogP contribution in [0.5, 0.6) is 0 Å². The van der Waals surface area contributed by atoms with Gasteiger partial charge in [-0.25, -0.2) is 10.8 Å². The molecule has 0 spiro atoms. The number of thiazole rings is 1. The van der Waals surface area contributed by atoms with Crippen molar-refractivity contribution in [3.8, 4) is 0 Å². The predicted molar refractivity (Wildman–Crippen MR) is 44.7 cm³/mol. The maximum atomic E-state index is 11.1. The van der Waals surface area contributed by atoms with Crippen molar-refractivity contribution in [3.05, 3.63) is 23.6 Å². The molecule has 2 heterocycles. The fourth-order valence-corrected chi connectivity index (χ4v) is 1.79. The normalized spacial score (nSPS) is 10.4. The lowest BCUT2D eigenvalue weighted by Gasteiger charge is -1.94. The second-order valence-corrected chi connectivity index (χ2v) is 3.09. The number of rotatable bonds is 1. The summed E-state index contributed by atoms with van der Waals surface area (Å²) in [6, 6.07) is 0. The molecular formula is C6H6N4OS. The van der Waals surface area contributed by atoms with E-state index in [1.807, 2.05) is 0 Å². The van der Waals surface area contributed by atoms with Crippen LogP contribution in [0.4, 0.5) is 0 Å². The molecule has 0 saturated heterocycles. The van der Waals surface area contributed by atoms with Gasteiger partial charge in [0.05, 0.1) is 6.20 Å². The van der Waals surface area contributed by atoms with E-state index >= 15 is 0 Å². The van der Waals surface area contributed by atoms with Crippen LogP contribution in [0.2, 0.25) is 0 Å². The van der Waals surface area contributed by atoms with Gasteiger partial charge in [0.15, 0.2) is 0 Å². The summed E-state index contributed by atoms with van der Waals surface area (Å²) in [5.41, 5.74) is 2.58. The highest BCUT2D eigenvalue weighted by Crippen LogP contribution is 2.14. The number of nitrogen functional groups attached to an aromatic ring is 1. The second-order valence-electron chi connectivity index (χ2n) is 2.20. The van der Waals surface area contributed by atoms with Gasteiger partial charge in [-0.1, -0.05) is 0 Å². The highest BCUT2D eigenvalue weighted by Gasteiger charge is 2.09. The third kappa shape index (κ3) is 0.892. The zero-order valence-corrected chi connectivity index (χ0v) is 6.84. The Kier molecular flexibility index (Phi) is 1.56. The summed E-state index contributed by atoms with van der Waals surface area (Å²) in [5, 5.41) is 1.74. The van der Waals surface area contributed by atoms with Gasteiger partial charge in [0.25, 0.3) is 5.91 Å². The molecule has 0 atom stereocenters. The van der Waals surface area contributed by atoms with Crippen LogP contribution in [-0.2, 0) is 0 Å². The molecule has 0 aliphatic carbocycles. The number of hydrogen-bond acceptors (Lipinski definition) is 4. The fourth-order valence-electron chi connectivity index (χ4n) is 0.961. The zero-order chi connectivity index (χ0) is 8.55. The van der Waals surface area contributed by atoms with Crippen molar-refractivity contribution >= 4 is 22.1 Å². The summed E-state index contributed by atoms with van der Waals surface area (Å²) in [6.07, 6.45) is 3.27. The van der Waals surface area contributed by atoms with E-state index in [0.717, 1.165) is 4.83 Å². The van der Waals surface area contributed by atoms with Crippen molar-refractivity contribution in [1.29, 1.82) is 0 Å². The standard InChI is InChI=1S/C6H6N4OS/c7-9-6(11)4-2-12-5-1-8-3-10(4)5/h1-3H,7H2,(H,9,11). The number of imidazole rings is 1. The maximum absolute atomic E-state index is 11.1. The van der Waals surface area contributed by atoms with Gasteiger partial charge in [-0.2, -0.15) is 0 Å². The maximum Gasteiger partial charge on any atom is 0.283 e. The Hall–Kier alpha value is -1.40. The van der Waals surface area contributed by atoms with E-state index in [-0.39, 0.29) is 5.91 Å². The number of carbonyl (C=O) groups excluding carboxylic acids is 1. The molecule has 0 radical (unpaired) electrons. The van der Waals surface area contributed by atoms with E-state index in [0.29, 0.717) is 5.69 Å². The van der Waals surface area contributed by atoms with Crippen molar-refractivity contribution in [2.75, 3.05) is 0 Å². The average Bonchev–Trinajstić information content (AvgIpc) is 2.62. The number of hydrogen-bond donors (Lipinski definition) is 2. The molecule has 0 unspecified atom stereocenters. The monoisotopic (exact) mass is 182 g/mol. The number of hydrazine groups is 1. The number of amides is 1. The summed E-state index contributed by atoms with van der Waals surface area (Å²) >= 11 is 1.45. The molecule has 2 aromatic heterocycles. The molecule has 62 valence electrons. The number of aromatic nitrogens is 2. The molecule has 0 aromatic carbocycles. The van der Waals surface area contributed by atoms with Gasteiger partial charge in [-0.15, -0.1) is 11.3 Å². The van der Waals surface area contributed by atoms with Gasteiger partial charge in [-0.05, 0) is 0 Å². The average molecular weight is 182 g/mol. The minimum Gasteiger partial charge on any atom is -0.289 e. The van der Waals surface area contributed by atoms with Crippen LogP contribution in [0, 0.1) is 0 Å². The van der Waals surface area contributed by atoms with Crippen LogP contribution in [0.25, 0.3) is 4.83 Å². The molecule has 1 amide bonds. The van der Waals surface area contributed by atoms with Gasteiger partial charge in [0.2, 0.25) is 0 Å². The van der Waals surface area contributed by atoms with Gasteiger partial charge in [0.1, 0.15) is 16.9 Å². The van der Waals surface area contributed by atoms with Crippen LogP contribution in [0.1, 0.15) is 10.5 Å². The lowest BCUT2D eigenvalue weighted by Crippen LogP contribution is -2.30. The van der Waals surface area contributed by atoms with E-state index in [9.17, 15) is 4.79 Å². The summed E-state index contributed by atoms with van der Waals surface area (Å²) < 4.78 is 1.69. The Morgan fingerprint density at radius 2 is 2.58 bits per heavy atom. The third-order valence-corrected chi connectivity index (χ3v) is 2.40. The summed E-state index contributed by atoms with van der Waals surface area (Å²) in [6.45, 7) is 0. The predicted octanol–water partition coefficient (Wildman–Crippen LogP) is -0.000700. The van der Waals surface area contributed by atoms with E-state index in [2.05, 4.69) is 10.4 Å². The first-order valence-corrected chi connectivity index (χ1v) is 4.11. The van der Waals surface area contributed by atoms with Crippen molar-refractivity contribution in [2.24, 2.45) is 5.84 Å². The molecule has 5 nitrogen and oxygen atoms in total. The summed E-state index contributed by atoms with van der Waals surface area (Å²) in [4.78, 5) is 15.9. The molecule has 2 rings (SSSR count). The molecule has 0 fully saturated rings. The lowest BCUT2D eigenvalue weighted by molar-refractivity contribution is 0.0948. The minimum absolute atomic E-state index is 0.306. The van der Waals surface area contributed by atoms with E-state index < -0.39 is 0 Å². The largest absolute Gasteiger partial charge is 0.289 e. The topological polar surface area (TPSA) is 72.4 Å². The zero-order valence-electron chi connectivity index (χ0n) is 6.02. The number of nitrogens with two attached hydrogens (primary N) is 1. The Labute approximate surface area is 71.8 Å². The highest BCUT2D eigenvalue weighted by atomic mass is 32.1. The van der Waals surface area contributed by atoms with Gasteiger partial charge in [-0.3, -0.25) is 14.6 Å². The molecule has 0 aliphatic rings. The smallest absolute Gasteiger partial charge is 0.283 e. The summed E-state index contributed by atoms with van der Waals surface area (Å²) in [5.74, 6) is 4.69. The first kappa shape index (κ1) is 7.26. The van der Waals surface area contributed by atoms with Gasteiger partial charge < -0.3 is 0 Å². The number of nitrogens with one attached hydrogen (secondary N) is 1. The van der Waals surface area contributed by atoms with E-state index in [4.69, 9.17) is 5.84 Å². The van der Waals surface area contributed by atoms with Crippen LogP contribution in [0.15, 0.2) is 17.9 Å². The number of nitrogens with zero attached hydrogens (tertiary/aromatic N) is 2. The van der Waals surface area contributed by atoms with Crippen LogP contribution < -0.4 is 11.3 Å². The van der Waals surface area contributed by atoms with Crippen LogP contribution in [-0.4, -0.2) is 15.3 Å². The van der Waals surface area contributed by atoms with Crippen LogP contribution in [0.3, 0.4) is 0 Å². The Balaban J connectivity index is 2.61. The number of carbonyl (C=O) groups is 1. The van der Waals surface area contributed by atoms with Gasteiger partial charge >= 0.3 is 0 Å². The third-order valence-electron chi connectivity index (χ3n) is 1.52. The molecule has 3 N–H and O–H groups in total. The molecule has 12 heavy (non-hydrogen) atoms. The molecule has 2 aromatic rings. The quantitative estimate of drug-likeness (QED) is 0.370. The van der Waals surface area contributed by atoms with Crippen molar-refractivity contribution in [3.63, 3.8) is 0 Å². The second kappa shape index (κ2) is 2.58. The number of fused-ring (bicyclic) bond motifs is 1. The Morgan fingerprint density at radius 3 is 3.33 bits per heavy atom.